The van der Waals surface area contributed by atoms with Gasteiger partial charge in [0.15, 0.2) is 0 Å². The second-order valence-electron chi connectivity index (χ2n) is 8.58. The number of likely N-dealkylation sites (tertiary alicyclic amines) is 1. The van der Waals surface area contributed by atoms with Crippen molar-refractivity contribution in [2.24, 2.45) is 5.92 Å². The summed E-state index contributed by atoms with van der Waals surface area (Å²) in [6.07, 6.45) is 6.15. The van der Waals surface area contributed by atoms with Gasteiger partial charge in [0.1, 0.15) is 11.5 Å². The van der Waals surface area contributed by atoms with Gasteiger partial charge < -0.3 is 14.8 Å². The molecule has 2 aromatic rings. The minimum Gasteiger partial charge on any atom is -0.349 e. The quantitative estimate of drug-likeness (QED) is 0.827. The van der Waals surface area contributed by atoms with Crippen LogP contribution in [0.4, 0.5) is 0 Å². The Labute approximate surface area is 173 Å². The Morgan fingerprint density at radius 1 is 1.21 bits per heavy atom. The molecule has 8 nitrogen and oxygen atoms in total. The Hall–Kier alpha value is -2.29. The van der Waals surface area contributed by atoms with Gasteiger partial charge in [-0.3, -0.25) is 9.59 Å². The lowest BCUT2D eigenvalue weighted by atomic mass is 9.72. The maximum Gasteiger partial charge on any atom is 0.289 e. The summed E-state index contributed by atoms with van der Waals surface area (Å²) in [5, 5.41) is 14.5. The minimum absolute atomic E-state index is 0.0154. The normalized spacial score (nSPS) is 20.5. The summed E-state index contributed by atoms with van der Waals surface area (Å²) < 4.78 is 2.02. The summed E-state index contributed by atoms with van der Waals surface area (Å²) in [6, 6.07) is 0. The molecule has 5 rings (SSSR count). The molecular weight excluding hydrogens is 388 g/mol. The lowest BCUT2D eigenvalue weighted by molar-refractivity contribution is 0.0629. The molecule has 3 aliphatic rings. The van der Waals surface area contributed by atoms with Crippen LogP contribution >= 0.6 is 11.3 Å². The number of aromatic nitrogens is 4. The average molecular weight is 415 g/mol. The second-order valence-corrected chi connectivity index (χ2v) is 9.64. The Morgan fingerprint density at radius 2 is 2.00 bits per heavy atom. The number of aryl methyl sites for hydroxylation is 1. The SMILES string of the molecule is Cc1nc(C(=O)N2CCC3(CCCn4c(C(=O)NCC5CC5)nnc43)CC2)cs1. The topological polar surface area (TPSA) is 93.0 Å². The lowest BCUT2D eigenvalue weighted by Gasteiger charge is -2.43. The number of rotatable bonds is 4. The number of piperidine rings is 1. The predicted molar refractivity (Wildman–Crippen MR) is 108 cm³/mol. The van der Waals surface area contributed by atoms with Crippen LogP contribution < -0.4 is 5.32 Å². The molecule has 4 heterocycles. The highest BCUT2D eigenvalue weighted by molar-refractivity contribution is 7.09. The largest absolute Gasteiger partial charge is 0.349 e. The standard InChI is InChI=1S/C20H26N6O2S/c1-13-22-15(12-29-13)18(28)25-9-6-20(7-10-25)5-2-8-26-16(23-24-19(20)26)17(27)21-11-14-3-4-14/h12,14H,2-11H2,1H3,(H,21,27). The van der Waals surface area contributed by atoms with Gasteiger partial charge in [0, 0.05) is 37.0 Å². The van der Waals surface area contributed by atoms with Gasteiger partial charge in [-0.05, 0) is 51.4 Å². The van der Waals surface area contributed by atoms with E-state index in [1.54, 1.807) is 0 Å². The zero-order valence-corrected chi connectivity index (χ0v) is 17.5. The van der Waals surface area contributed by atoms with Gasteiger partial charge >= 0.3 is 0 Å². The Balaban J connectivity index is 1.30. The number of carbonyl (C=O) groups is 2. The molecule has 1 aliphatic carbocycles. The van der Waals surface area contributed by atoms with Crippen LogP contribution in [0.5, 0.6) is 0 Å². The zero-order chi connectivity index (χ0) is 20.0. The molecule has 1 saturated heterocycles. The fraction of sp³-hybridized carbons (Fsp3) is 0.650. The van der Waals surface area contributed by atoms with E-state index in [4.69, 9.17) is 0 Å². The number of nitrogens with one attached hydrogen (secondary N) is 1. The third-order valence-corrected chi connectivity index (χ3v) is 7.33. The van der Waals surface area contributed by atoms with E-state index in [1.807, 2.05) is 21.8 Å². The first-order valence-corrected chi connectivity index (χ1v) is 11.4. The van der Waals surface area contributed by atoms with Gasteiger partial charge in [-0.1, -0.05) is 0 Å². The first-order chi connectivity index (χ1) is 14.1. The first-order valence-electron chi connectivity index (χ1n) is 10.5. The van der Waals surface area contributed by atoms with Gasteiger partial charge in [-0.25, -0.2) is 4.98 Å². The predicted octanol–water partition coefficient (Wildman–Crippen LogP) is 2.15. The summed E-state index contributed by atoms with van der Waals surface area (Å²) in [7, 11) is 0. The first kappa shape index (κ1) is 18.7. The Morgan fingerprint density at radius 3 is 2.69 bits per heavy atom. The average Bonchev–Trinajstić information content (AvgIpc) is 3.29. The maximum absolute atomic E-state index is 12.7. The molecule has 2 amide bonds. The van der Waals surface area contributed by atoms with E-state index in [0.717, 1.165) is 49.6 Å². The van der Waals surface area contributed by atoms with Crippen molar-refractivity contribution in [1.82, 2.24) is 30.0 Å². The van der Waals surface area contributed by atoms with Crippen LogP contribution in [0.1, 0.15) is 70.5 Å². The van der Waals surface area contributed by atoms with Crippen LogP contribution in [-0.2, 0) is 12.0 Å². The summed E-state index contributed by atoms with van der Waals surface area (Å²) in [5.74, 6) is 1.91. The van der Waals surface area contributed by atoms with E-state index in [1.165, 1.54) is 24.2 Å². The number of fused-ring (bicyclic) bond motifs is 2. The molecular formula is C20H26N6O2S. The van der Waals surface area contributed by atoms with Gasteiger partial charge in [-0.15, -0.1) is 21.5 Å². The van der Waals surface area contributed by atoms with Crippen LogP contribution in [0.3, 0.4) is 0 Å². The maximum atomic E-state index is 12.7. The molecule has 0 bridgehead atoms. The summed E-state index contributed by atoms with van der Waals surface area (Å²) in [5.41, 5.74) is 0.458. The van der Waals surface area contributed by atoms with Crippen molar-refractivity contribution in [2.45, 2.75) is 57.4 Å². The molecule has 2 fully saturated rings. The van der Waals surface area contributed by atoms with Crippen LogP contribution in [0.15, 0.2) is 5.38 Å². The number of amides is 2. The monoisotopic (exact) mass is 414 g/mol. The van der Waals surface area contributed by atoms with E-state index < -0.39 is 0 Å². The van der Waals surface area contributed by atoms with Crippen molar-refractivity contribution in [2.75, 3.05) is 19.6 Å². The van der Waals surface area contributed by atoms with Crippen molar-refractivity contribution in [1.29, 1.82) is 0 Å². The molecule has 154 valence electrons. The van der Waals surface area contributed by atoms with Gasteiger partial charge in [0.25, 0.3) is 11.8 Å². The highest BCUT2D eigenvalue weighted by Crippen LogP contribution is 2.42. The Bertz CT molecular complexity index is 939. The van der Waals surface area contributed by atoms with E-state index in [-0.39, 0.29) is 17.2 Å². The highest BCUT2D eigenvalue weighted by Gasteiger charge is 2.44. The number of nitrogens with zero attached hydrogens (tertiary/aromatic N) is 5. The molecule has 2 aliphatic heterocycles. The Kier molecular flexibility index (Phi) is 4.64. The van der Waals surface area contributed by atoms with E-state index in [9.17, 15) is 9.59 Å². The van der Waals surface area contributed by atoms with Crippen molar-refractivity contribution in [3.05, 3.63) is 27.7 Å². The van der Waals surface area contributed by atoms with Crippen molar-refractivity contribution >= 4 is 23.2 Å². The van der Waals surface area contributed by atoms with Gasteiger partial charge in [0.2, 0.25) is 5.82 Å². The number of hydrogen-bond donors (Lipinski definition) is 1. The van der Waals surface area contributed by atoms with Gasteiger partial charge in [-0.2, -0.15) is 0 Å². The number of carbonyl (C=O) groups excluding carboxylic acids is 2. The minimum atomic E-state index is -0.112. The van der Waals surface area contributed by atoms with Crippen LogP contribution in [0.2, 0.25) is 0 Å². The zero-order valence-electron chi connectivity index (χ0n) is 16.7. The second kappa shape index (κ2) is 7.19. The molecule has 1 saturated carbocycles. The van der Waals surface area contributed by atoms with Crippen LogP contribution in [0, 0.1) is 12.8 Å². The highest BCUT2D eigenvalue weighted by atomic mass is 32.1. The molecule has 1 N–H and O–H groups in total. The van der Waals surface area contributed by atoms with Crippen LogP contribution in [0.25, 0.3) is 0 Å². The molecule has 0 aromatic carbocycles. The molecule has 0 radical (unpaired) electrons. The van der Waals surface area contributed by atoms with E-state index in [0.29, 0.717) is 30.5 Å². The van der Waals surface area contributed by atoms with E-state index in [2.05, 4.69) is 20.5 Å². The molecule has 0 atom stereocenters. The van der Waals surface area contributed by atoms with Crippen molar-refractivity contribution in [3.8, 4) is 0 Å². The number of hydrogen-bond acceptors (Lipinski definition) is 6. The van der Waals surface area contributed by atoms with E-state index >= 15 is 0 Å². The fourth-order valence-corrected chi connectivity index (χ4v) is 5.22. The summed E-state index contributed by atoms with van der Waals surface area (Å²) in [6.45, 7) is 4.81. The molecule has 2 aromatic heterocycles. The number of thiazole rings is 1. The molecule has 9 heteroatoms. The van der Waals surface area contributed by atoms with Crippen molar-refractivity contribution < 1.29 is 9.59 Å². The smallest absolute Gasteiger partial charge is 0.289 e. The third kappa shape index (κ3) is 3.45. The molecule has 29 heavy (non-hydrogen) atoms. The van der Waals surface area contributed by atoms with Crippen molar-refractivity contribution in [3.63, 3.8) is 0 Å². The summed E-state index contributed by atoms with van der Waals surface area (Å²) >= 11 is 1.51. The molecule has 1 spiro atoms. The van der Waals surface area contributed by atoms with Gasteiger partial charge in [0.05, 0.1) is 5.01 Å². The lowest BCUT2D eigenvalue weighted by Crippen LogP contribution is -2.48. The fourth-order valence-electron chi connectivity index (χ4n) is 4.64. The summed E-state index contributed by atoms with van der Waals surface area (Å²) in [4.78, 5) is 31.6. The molecule has 0 unspecified atom stereocenters. The third-order valence-electron chi connectivity index (χ3n) is 6.56. The van der Waals surface area contributed by atoms with Crippen LogP contribution in [-0.4, -0.2) is 56.1 Å².